The van der Waals surface area contributed by atoms with Gasteiger partial charge in [0.1, 0.15) is 11.6 Å². The fourth-order valence-corrected chi connectivity index (χ4v) is 4.21. The third kappa shape index (κ3) is 3.32. The number of nitrogens with zero attached hydrogens (tertiary/aromatic N) is 4. The topological polar surface area (TPSA) is 70.6 Å². The standard InChI is InChI=1S/C23H23N5O2/c1-30-18-6-4-5-16(15-18)19-8-9-20-22(25-19)28(17-10-13-27(20)14-11-17)23(29)26-21-7-2-3-12-24-21/h2-9,12,15,17H,10-11,13-14H2,1H3,(H,24,26,29). The number of pyridine rings is 2. The molecule has 2 bridgehead atoms. The Hall–Kier alpha value is -3.61. The van der Waals surface area contributed by atoms with Crippen molar-refractivity contribution in [2.45, 2.75) is 18.9 Å². The Kier molecular flexibility index (Phi) is 4.71. The summed E-state index contributed by atoms with van der Waals surface area (Å²) in [4.78, 5) is 26.6. The Morgan fingerprint density at radius 1 is 1.10 bits per heavy atom. The Labute approximate surface area is 175 Å². The average molecular weight is 401 g/mol. The quantitative estimate of drug-likeness (QED) is 0.713. The second-order valence-electron chi connectivity index (χ2n) is 7.50. The second kappa shape index (κ2) is 7.67. The number of amides is 2. The number of ether oxygens (including phenoxy) is 1. The van der Waals surface area contributed by atoms with Crippen LogP contribution in [0.4, 0.5) is 22.1 Å². The van der Waals surface area contributed by atoms with Crippen LogP contribution in [0.1, 0.15) is 12.8 Å². The van der Waals surface area contributed by atoms with Crippen molar-refractivity contribution in [2.24, 2.45) is 0 Å². The number of urea groups is 1. The summed E-state index contributed by atoms with van der Waals surface area (Å²) in [5.74, 6) is 2.01. The highest BCUT2D eigenvalue weighted by Crippen LogP contribution is 2.39. The third-order valence-corrected chi connectivity index (χ3v) is 5.74. The van der Waals surface area contributed by atoms with Crippen LogP contribution in [0.2, 0.25) is 0 Å². The first-order valence-corrected chi connectivity index (χ1v) is 10.1. The molecule has 0 atom stereocenters. The van der Waals surface area contributed by atoms with Crippen molar-refractivity contribution in [3.05, 3.63) is 60.8 Å². The summed E-state index contributed by atoms with van der Waals surface area (Å²) in [7, 11) is 1.65. The predicted octanol–water partition coefficient (Wildman–Crippen LogP) is 4.17. The van der Waals surface area contributed by atoms with Gasteiger partial charge in [-0.25, -0.2) is 14.8 Å². The highest BCUT2D eigenvalue weighted by atomic mass is 16.5. The van der Waals surface area contributed by atoms with Gasteiger partial charge in [-0.15, -0.1) is 0 Å². The molecule has 0 unspecified atom stereocenters. The molecule has 2 aromatic heterocycles. The summed E-state index contributed by atoms with van der Waals surface area (Å²) in [5, 5.41) is 2.94. The molecule has 1 N–H and O–H groups in total. The van der Waals surface area contributed by atoms with Crippen molar-refractivity contribution in [2.75, 3.05) is 35.3 Å². The van der Waals surface area contributed by atoms with E-state index in [1.54, 1.807) is 19.4 Å². The van der Waals surface area contributed by atoms with Crippen molar-refractivity contribution in [3.63, 3.8) is 0 Å². The molecule has 0 radical (unpaired) electrons. The Balaban J connectivity index is 1.56. The number of hydrogen-bond donors (Lipinski definition) is 1. The Morgan fingerprint density at radius 2 is 1.97 bits per heavy atom. The first kappa shape index (κ1) is 18.4. The van der Waals surface area contributed by atoms with Gasteiger partial charge in [0, 0.05) is 30.9 Å². The summed E-state index contributed by atoms with van der Waals surface area (Å²) in [6.07, 6.45) is 3.50. The minimum absolute atomic E-state index is 0.110. The van der Waals surface area contributed by atoms with Gasteiger partial charge in [0.2, 0.25) is 0 Å². The summed E-state index contributed by atoms with van der Waals surface area (Å²) < 4.78 is 5.36. The number of fused-ring (bicyclic) bond motifs is 2. The molecule has 0 spiro atoms. The molecule has 30 heavy (non-hydrogen) atoms. The monoisotopic (exact) mass is 401 g/mol. The van der Waals surface area contributed by atoms with E-state index in [1.165, 1.54) is 0 Å². The van der Waals surface area contributed by atoms with Gasteiger partial charge in [0.05, 0.1) is 18.5 Å². The van der Waals surface area contributed by atoms with Gasteiger partial charge in [-0.1, -0.05) is 18.2 Å². The molecule has 7 heteroatoms. The number of carbonyl (C=O) groups is 1. The van der Waals surface area contributed by atoms with Gasteiger partial charge in [0.15, 0.2) is 5.82 Å². The zero-order valence-corrected chi connectivity index (χ0v) is 16.8. The van der Waals surface area contributed by atoms with Crippen molar-refractivity contribution in [1.82, 2.24) is 9.97 Å². The number of carbonyl (C=O) groups excluding carboxylic acids is 1. The Bertz CT molecular complexity index is 1060. The van der Waals surface area contributed by atoms with Crippen LogP contribution in [-0.4, -0.2) is 42.2 Å². The lowest BCUT2D eigenvalue weighted by Crippen LogP contribution is -2.46. The van der Waals surface area contributed by atoms with E-state index in [-0.39, 0.29) is 12.1 Å². The number of rotatable bonds is 3. The predicted molar refractivity (Wildman–Crippen MR) is 117 cm³/mol. The van der Waals surface area contributed by atoms with Crippen LogP contribution in [-0.2, 0) is 0 Å². The zero-order valence-electron chi connectivity index (χ0n) is 16.8. The highest BCUT2D eigenvalue weighted by Gasteiger charge is 2.37. The van der Waals surface area contributed by atoms with Crippen LogP contribution >= 0.6 is 0 Å². The summed E-state index contributed by atoms with van der Waals surface area (Å²) in [6.45, 7) is 1.84. The molecule has 2 amide bonds. The molecule has 3 aliphatic heterocycles. The maximum Gasteiger partial charge on any atom is 0.328 e. The molecule has 3 aromatic rings. The molecular weight excluding hydrogens is 378 g/mol. The molecule has 152 valence electrons. The first-order chi connectivity index (χ1) is 14.7. The highest BCUT2D eigenvalue weighted by molar-refractivity contribution is 6.03. The molecule has 1 fully saturated rings. The number of methoxy groups -OCH3 is 1. The number of aromatic nitrogens is 2. The molecule has 5 heterocycles. The van der Waals surface area contributed by atoms with Crippen molar-refractivity contribution >= 4 is 23.4 Å². The van der Waals surface area contributed by atoms with Crippen molar-refractivity contribution in [1.29, 1.82) is 0 Å². The molecule has 0 aliphatic carbocycles. The fourth-order valence-electron chi connectivity index (χ4n) is 4.21. The first-order valence-electron chi connectivity index (χ1n) is 10.1. The lowest BCUT2D eigenvalue weighted by Gasteiger charge is -2.31. The van der Waals surface area contributed by atoms with Crippen LogP contribution in [0, 0.1) is 0 Å². The number of anilines is 3. The minimum Gasteiger partial charge on any atom is -0.497 e. The van der Waals surface area contributed by atoms with E-state index >= 15 is 0 Å². The van der Waals surface area contributed by atoms with Crippen LogP contribution < -0.4 is 19.9 Å². The SMILES string of the molecule is COc1cccc(-c2ccc3c(n2)N(C(=O)Nc2ccccn2)C2CCN3CC2)c1. The van der Waals surface area contributed by atoms with Gasteiger partial charge in [-0.05, 0) is 49.2 Å². The van der Waals surface area contributed by atoms with E-state index in [9.17, 15) is 4.79 Å². The smallest absolute Gasteiger partial charge is 0.328 e. The number of benzene rings is 1. The van der Waals surface area contributed by atoms with Gasteiger partial charge in [-0.2, -0.15) is 0 Å². The molecule has 0 saturated carbocycles. The lowest BCUT2D eigenvalue weighted by molar-refractivity contribution is 0.253. The van der Waals surface area contributed by atoms with Gasteiger partial charge in [0.25, 0.3) is 0 Å². The minimum atomic E-state index is -0.195. The second-order valence-corrected chi connectivity index (χ2v) is 7.50. The number of piperidine rings is 1. The fraction of sp³-hybridized carbons (Fsp3) is 0.261. The Morgan fingerprint density at radius 3 is 2.73 bits per heavy atom. The van der Waals surface area contributed by atoms with Crippen LogP contribution in [0.25, 0.3) is 11.3 Å². The third-order valence-electron chi connectivity index (χ3n) is 5.74. The molecule has 3 aliphatic rings. The molecule has 1 saturated heterocycles. The van der Waals surface area contributed by atoms with E-state index in [1.807, 2.05) is 47.4 Å². The van der Waals surface area contributed by atoms with E-state index in [4.69, 9.17) is 9.72 Å². The normalized spacial score (nSPS) is 15.5. The lowest BCUT2D eigenvalue weighted by atomic mass is 10.1. The number of nitrogens with one attached hydrogen (secondary N) is 1. The van der Waals surface area contributed by atoms with E-state index in [2.05, 4.69) is 21.3 Å². The summed E-state index contributed by atoms with van der Waals surface area (Å²) in [5.41, 5.74) is 2.76. The summed E-state index contributed by atoms with van der Waals surface area (Å²) in [6, 6.07) is 17.3. The maximum atomic E-state index is 13.3. The molecule has 7 nitrogen and oxygen atoms in total. The van der Waals surface area contributed by atoms with Crippen LogP contribution in [0.5, 0.6) is 5.75 Å². The van der Waals surface area contributed by atoms with E-state index in [0.29, 0.717) is 11.6 Å². The zero-order chi connectivity index (χ0) is 20.5. The van der Waals surface area contributed by atoms with E-state index in [0.717, 1.165) is 48.6 Å². The van der Waals surface area contributed by atoms with Crippen LogP contribution in [0.3, 0.4) is 0 Å². The molecule has 1 aromatic carbocycles. The maximum absolute atomic E-state index is 13.3. The van der Waals surface area contributed by atoms with Crippen LogP contribution in [0.15, 0.2) is 60.8 Å². The molecular formula is C23H23N5O2. The average Bonchev–Trinajstić information content (AvgIpc) is 3.05. The molecule has 6 rings (SSSR count). The van der Waals surface area contributed by atoms with Gasteiger partial charge < -0.3 is 9.64 Å². The largest absolute Gasteiger partial charge is 0.497 e. The van der Waals surface area contributed by atoms with Crippen molar-refractivity contribution in [3.8, 4) is 17.0 Å². The van der Waals surface area contributed by atoms with Gasteiger partial charge in [-0.3, -0.25) is 10.2 Å². The van der Waals surface area contributed by atoms with Gasteiger partial charge >= 0.3 is 6.03 Å². The summed E-state index contributed by atoms with van der Waals surface area (Å²) >= 11 is 0. The van der Waals surface area contributed by atoms with Crippen molar-refractivity contribution < 1.29 is 9.53 Å². The number of hydrogen-bond acceptors (Lipinski definition) is 5. The van der Waals surface area contributed by atoms with E-state index < -0.39 is 0 Å².